The molecule has 138 valence electrons. The van der Waals surface area contributed by atoms with E-state index in [1.807, 2.05) is 24.3 Å². The summed E-state index contributed by atoms with van der Waals surface area (Å²) in [5.41, 5.74) is 0.220. The second kappa shape index (κ2) is 9.71. The van der Waals surface area contributed by atoms with Gasteiger partial charge in [0.15, 0.2) is 0 Å². The number of amides is 1. The molecular formula is C19H27NO5. The van der Waals surface area contributed by atoms with Crippen molar-refractivity contribution < 1.29 is 23.8 Å². The fourth-order valence-corrected chi connectivity index (χ4v) is 2.00. The lowest BCUT2D eigenvalue weighted by Gasteiger charge is -2.22. The normalized spacial score (nSPS) is 12.0. The number of alkyl carbamates (subject to hydrolysis) is 1. The van der Waals surface area contributed by atoms with Gasteiger partial charge in [-0.2, -0.15) is 0 Å². The summed E-state index contributed by atoms with van der Waals surface area (Å²) in [5, 5.41) is 2.55. The number of carbonyl (C=O) groups is 2. The van der Waals surface area contributed by atoms with E-state index in [1.54, 1.807) is 26.8 Å². The Hall–Kier alpha value is -2.50. The van der Waals surface area contributed by atoms with Gasteiger partial charge in [0.1, 0.15) is 17.4 Å². The zero-order valence-corrected chi connectivity index (χ0v) is 15.3. The molecular weight excluding hydrogens is 322 g/mol. The van der Waals surface area contributed by atoms with Gasteiger partial charge in [0, 0.05) is 6.42 Å². The third-order valence-corrected chi connectivity index (χ3v) is 3.13. The number of benzene rings is 1. The van der Waals surface area contributed by atoms with E-state index in [0.29, 0.717) is 13.0 Å². The average molecular weight is 349 g/mol. The quantitative estimate of drug-likeness (QED) is 0.443. The maximum atomic E-state index is 11.9. The van der Waals surface area contributed by atoms with Crippen molar-refractivity contribution in [1.82, 2.24) is 5.32 Å². The summed E-state index contributed by atoms with van der Waals surface area (Å²) < 4.78 is 15.5. The van der Waals surface area contributed by atoms with E-state index in [9.17, 15) is 9.59 Å². The molecule has 1 aromatic carbocycles. The van der Waals surface area contributed by atoms with Crippen LogP contribution in [-0.2, 0) is 20.7 Å². The first-order valence-corrected chi connectivity index (χ1v) is 8.15. The van der Waals surface area contributed by atoms with Crippen LogP contribution in [0.1, 0.15) is 32.8 Å². The van der Waals surface area contributed by atoms with Gasteiger partial charge < -0.3 is 19.5 Å². The van der Waals surface area contributed by atoms with E-state index < -0.39 is 23.7 Å². The van der Waals surface area contributed by atoms with Crippen LogP contribution in [0.3, 0.4) is 0 Å². The smallest absolute Gasteiger partial charge is 0.408 e. The first-order valence-electron chi connectivity index (χ1n) is 8.15. The lowest BCUT2D eigenvalue weighted by Crippen LogP contribution is -2.45. The first kappa shape index (κ1) is 20.5. The van der Waals surface area contributed by atoms with Gasteiger partial charge in [0.2, 0.25) is 0 Å². The molecule has 0 saturated heterocycles. The zero-order chi connectivity index (χ0) is 18.9. The van der Waals surface area contributed by atoms with Crippen molar-refractivity contribution in [3.63, 3.8) is 0 Å². The Bertz CT molecular complexity index is 574. The van der Waals surface area contributed by atoms with Gasteiger partial charge in [-0.1, -0.05) is 18.2 Å². The molecule has 1 aromatic rings. The number of rotatable bonds is 8. The largest absolute Gasteiger partial charge is 0.493 e. The number of carbonyl (C=O) groups excluding carboxylic acids is 2. The Morgan fingerprint density at radius 3 is 2.40 bits per heavy atom. The lowest BCUT2D eigenvalue weighted by atomic mass is 10.1. The molecule has 0 bridgehead atoms. The van der Waals surface area contributed by atoms with Crippen molar-refractivity contribution in [2.24, 2.45) is 0 Å². The summed E-state index contributed by atoms with van der Waals surface area (Å²) in [6, 6.07) is 6.50. The second-order valence-corrected chi connectivity index (χ2v) is 6.50. The van der Waals surface area contributed by atoms with Crippen LogP contribution in [0.4, 0.5) is 4.79 Å². The molecule has 0 aliphatic carbocycles. The highest BCUT2D eigenvalue weighted by molar-refractivity contribution is 5.81. The highest BCUT2D eigenvalue weighted by Gasteiger charge is 2.25. The van der Waals surface area contributed by atoms with Gasteiger partial charge in [0.25, 0.3) is 0 Å². The Balaban J connectivity index is 2.70. The molecule has 0 spiro atoms. The number of esters is 1. The standard InChI is InChI=1S/C19H27NO5/c1-6-7-12-24-15-10-8-14(9-11-15)13-16(17(21)23-5)20-18(22)25-19(2,3)4/h6,8-11,16H,1,7,12-13H2,2-5H3,(H,20,22)/t16-/m0/s1. The van der Waals surface area contributed by atoms with Gasteiger partial charge in [-0.05, 0) is 44.9 Å². The third-order valence-electron chi connectivity index (χ3n) is 3.13. The van der Waals surface area contributed by atoms with Gasteiger partial charge in [-0.25, -0.2) is 9.59 Å². The fraction of sp³-hybridized carbons (Fsp3) is 0.474. The summed E-state index contributed by atoms with van der Waals surface area (Å²) >= 11 is 0. The van der Waals surface area contributed by atoms with Crippen LogP contribution in [0.15, 0.2) is 36.9 Å². The van der Waals surface area contributed by atoms with E-state index >= 15 is 0 Å². The summed E-state index contributed by atoms with van der Waals surface area (Å²) in [5.74, 6) is 0.206. The highest BCUT2D eigenvalue weighted by Crippen LogP contribution is 2.15. The third kappa shape index (κ3) is 8.24. The molecule has 1 atom stereocenters. The fourth-order valence-electron chi connectivity index (χ4n) is 2.00. The van der Waals surface area contributed by atoms with E-state index in [-0.39, 0.29) is 0 Å². The molecule has 1 amide bonds. The van der Waals surface area contributed by atoms with Crippen LogP contribution in [0, 0.1) is 0 Å². The minimum atomic E-state index is -0.826. The highest BCUT2D eigenvalue weighted by atomic mass is 16.6. The zero-order valence-electron chi connectivity index (χ0n) is 15.3. The molecule has 6 heteroatoms. The molecule has 1 N–H and O–H groups in total. The minimum Gasteiger partial charge on any atom is -0.493 e. The molecule has 0 unspecified atom stereocenters. The van der Waals surface area contributed by atoms with Crippen LogP contribution in [0.2, 0.25) is 0 Å². The molecule has 0 aromatic heterocycles. The van der Waals surface area contributed by atoms with Crippen molar-refractivity contribution in [1.29, 1.82) is 0 Å². The van der Waals surface area contributed by atoms with Crippen molar-refractivity contribution in [3.05, 3.63) is 42.5 Å². The molecule has 0 radical (unpaired) electrons. The van der Waals surface area contributed by atoms with E-state index in [2.05, 4.69) is 11.9 Å². The predicted molar refractivity (Wildman–Crippen MR) is 95.6 cm³/mol. The topological polar surface area (TPSA) is 73.9 Å². The van der Waals surface area contributed by atoms with E-state index in [1.165, 1.54) is 7.11 Å². The predicted octanol–water partition coefficient (Wildman–Crippen LogP) is 3.25. The molecule has 0 aliphatic rings. The molecule has 0 fully saturated rings. The Morgan fingerprint density at radius 2 is 1.88 bits per heavy atom. The number of nitrogens with one attached hydrogen (secondary N) is 1. The molecule has 0 heterocycles. The number of hydrogen-bond acceptors (Lipinski definition) is 5. The summed E-state index contributed by atoms with van der Waals surface area (Å²) in [6.07, 6.45) is 2.19. The summed E-state index contributed by atoms with van der Waals surface area (Å²) in [4.78, 5) is 23.8. The number of hydrogen-bond donors (Lipinski definition) is 1. The Morgan fingerprint density at radius 1 is 1.24 bits per heavy atom. The van der Waals surface area contributed by atoms with Gasteiger partial charge in [-0.15, -0.1) is 6.58 Å². The van der Waals surface area contributed by atoms with Crippen LogP contribution >= 0.6 is 0 Å². The van der Waals surface area contributed by atoms with Crippen LogP contribution in [0.25, 0.3) is 0 Å². The number of methoxy groups -OCH3 is 1. The lowest BCUT2D eigenvalue weighted by molar-refractivity contribution is -0.143. The van der Waals surface area contributed by atoms with Gasteiger partial charge in [-0.3, -0.25) is 0 Å². The molecule has 25 heavy (non-hydrogen) atoms. The molecule has 1 rings (SSSR count). The van der Waals surface area contributed by atoms with Crippen molar-refractivity contribution in [2.45, 2.75) is 45.3 Å². The molecule has 0 aliphatic heterocycles. The minimum absolute atomic E-state index is 0.291. The summed E-state index contributed by atoms with van der Waals surface area (Å²) in [6.45, 7) is 9.47. The maximum absolute atomic E-state index is 11.9. The number of ether oxygens (including phenoxy) is 3. The Labute approximate surface area is 149 Å². The monoisotopic (exact) mass is 349 g/mol. The van der Waals surface area contributed by atoms with Crippen LogP contribution < -0.4 is 10.1 Å². The van der Waals surface area contributed by atoms with Gasteiger partial charge >= 0.3 is 12.1 Å². The van der Waals surface area contributed by atoms with Crippen molar-refractivity contribution >= 4 is 12.1 Å². The van der Waals surface area contributed by atoms with Crippen LogP contribution in [0.5, 0.6) is 5.75 Å². The SMILES string of the molecule is C=CCCOc1ccc(C[C@H](NC(=O)OC(C)(C)C)C(=O)OC)cc1. The van der Waals surface area contributed by atoms with E-state index in [4.69, 9.17) is 14.2 Å². The van der Waals surface area contributed by atoms with Gasteiger partial charge in [0.05, 0.1) is 13.7 Å². The van der Waals surface area contributed by atoms with Crippen LogP contribution in [-0.4, -0.2) is 37.4 Å². The molecule has 0 saturated carbocycles. The van der Waals surface area contributed by atoms with Crippen molar-refractivity contribution in [3.8, 4) is 5.75 Å². The summed E-state index contributed by atoms with van der Waals surface area (Å²) in [7, 11) is 1.28. The van der Waals surface area contributed by atoms with E-state index in [0.717, 1.165) is 17.7 Å². The second-order valence-electron chi connectivity index (χ2n) is 6.50. The average Bonchev–Trinajstić information content (AvgIpc) is 2.53. The first-order chi connectivity index (χ1) is 11.7. The maximum Gasteiger partial charge on any atom is 0.408 e. The Kier molecular flexibility index (Phi) is 7.98. The van der Waals surface area contributed by atoms with Crippen molar-refractivity contribution in [2.75, 3.05) is 13.7 Å². The molecule has 6 nitrogen and oxygen atoms in total.